The maximum atomic E-state index is 4.91. The molecule has 74 valence electrons. The molecule has 0 unspecified atom stereocenters. The van der Waals surface area contributed by atoms with Crippen LogP contribution in [0.1, 0.15) is 25.0 Å². The van der Waals surface area contributed by atoms with Gasteiger partial charge in [0.25, 0.3) is 0 Å². The minimum Gasteiger partial charge on any atom is -0.399 e. The van der Waals surface area contributed by atoms with Crippen molar-refractivity contribution in [3.63, 3.8) is 0 Å². The minimum atomic E-state index is 0.0969. The lowest BCUT2D eigenvalue weighted by Gasteiger charge is -2.17. The van der Waals surface area contributed by atoms with E-state index in [1.54, 1.807) is 7.11 Å². The summed E-state index contributed by atoms with van der Waals surface area (Å²) in [6.07, 6.45) is 1.05. The van der Waals surface area contributed by atoms with Gasteiger partial charge in [0.05, 0.1) is 5.71 Å². The molecule has 14 heavy (non-hydrogen) atoms. The molecule has 0 fully saturated rings. The van der Waals surface area contributed by atoms with E-state index in [0.717, 1.165) is 12.1 Å². The van der Waals surface area contributed by atoms with Crippen LogP contribution in [0.3, 0.4) is 0 Å². The SMILES string of the molecule is CO/N=C1/c2ccccc2CC1(C)C. The molecule has 0 atom stereocenters. The molecule has 0 saturated heterocycles. The Labute approximate surface area is 84.6 Å². The van der Waals surface area contributed by atoms with Crippen LogP contribution in [0.15, 0.2) is 29.4 Å². The van der Waals surface area contributed by atoms with E-state index >= 15 is 0 Å². The second-order valence-corrected chi connectivity index (χ2v) is 4.34. The Kier molecular flexibility index (Phi) is 2.06. The summed E-state index contributed by atoms with van der Waals surface area (Å²) in [6.45, 7) is 4.40. The van der Waals surface area contributed by atoms with Gasteiger partial charge in [0.15, 0.2) is 0 Å². The van der Waals surface area contributed by atoms with Gasteiger partial charge in [0, 0.05) is 11.0 Å². The van der Waals surface area contributed by atoms with Gasteiger partial charge in [-0.3, -0.25) is 0 Å². The molecule has 1 aromatic rings. The van der Waals surface area contributed by atoms with Crippen molar-refractivity contribution in [3.8, 4) is 0 Å². The lowest BCUT2D eigenvalue weighted by Crippen LogP contribution is -2.20. The topological polar surface area (TPSA) is 21.6 Å². The molecule has 0 radical (unpaired) electrons. The van der Waals surface area contributed by atoms with Crippen molar-refractivity contribution in [2.75, 3.05) is 7.11 Å². The van der Waals surface area contributed by atoms with Gasteiger partial charge in [-0.05, 0) is 12.0 Å². The Morgan fingerprint density at radius 3 is 2.71 bits per heavy atom. The maximum absolute atomic E-state index is 4.91. The smallest absolute Gasteiger partial charge is 0.106 e. The van der Waals surface area contributed by atoms with Crippen molar-refractivity contribution in [3.05, 3.63) is 35.4 Å². The Morgan fingerprint density at radius 2 is 2.00 bits per heavy atom. The van der Waals surface area contributed by atoms with Crippen molar-refractivity contribution in [1.29, 1.82) is 0 Å². The molecule has 0 heterocycles. The third-order valence-corrected chi connectivity index (χ3v) is 2.73. The van der Waals surface area contributed by atoms with Gasteiger partial charge in [0.2, 0.25) is 0 Å². The maximum Gasteiger partial charge on any atom is 0.106 e. The van der Waals surface area contributed by atoms with Crippen LogP contribution in [0.25, 0.3) is 0 Å². The van der Waals surface area contributed by atoms with Crippen LogP contribution < -0.4 is 0 Å². The molecular weight excluding hydrogens is 174 g/mol. The molecule has 0 amide bonds. The highest BCUT2D eigenvalue weighted by molar-refractivity contribution is 6.08. The Morgan fingerprint density at radius 1 is 1.29 bits per heavy atom. The van der Waals surface area contributed by atoms with E-state index in [2.05, 4.69) is 37.2 Å². The minimum absolute atomic E-state index is 0.0969. The summed E-state index contributed by atoms with van der Waals surface area (Å²) in [5.74, 6) is 0. The predicted molar refractivity (Wildman–Crippen MR) is 57.5 cm³/mol. The molecule has 0 N–H and O–H groups in total. The molecule has 2 nitrogen and oxygen atoms in total. The van der Waals surface area contributed by atoms with Crippen molar-refractivity contribution < 1.29 is 4.84 Å². The average molecular weight is 189 g/mol. The summed E-state index contributed by atoms with van der Waals surface area (Å²) in [6, 6.07) is 8.40. The molecule has 1 aliphatic rings. The summed E-state index contributed by atoms with van der Waals surface area (Å²) in [4.78, 5) is 4.91. The highest BCUT2D eigenvalue weighted by Crippen LogP contribution is 2.36. The lowest BCUT2D eigenvalue weighted by molar-refractivity contribution is 0.209. The Hall–Kier alpha value is -1.31. The van der Waals surface area contributed by atoms with Crippen molar-refractivity contribution in [2.45, 2.75) is 20.3 Å². The molecular formula is C12H15NO. The monoisotopic (exact) mass is 189 g/mol. The van der Waals surface area contributed by atoms with Gasteiger partial charge in [-0.25, -0.2) is 0 Å². The standard InChI is InChI=1S/C12H15NO/c1-12(2)8-9-6-4-5-7-10(9)11(12)13-14-3/h4-7H,8H2,1-3H3/b13-11-. The fourth-order valence-electron chi connectivity index (χ4n) is 2.09. The van der Waals surface area contributed by atoms with Crippen LogP contribution in [0.2, 0.25) is 0 Å². The van der Waals surface area contributed by atoms with Crippen molar-refractivity contribution >= 4 is 5.71 Å². The van der Waals surface area contributed by atoms with Gasteiger partial charge in [-0.1, -0.05) is 43.3 Å². The Balaban J connectivity index is 2.54. The van der Waals surface area contributed by atoms with E-state index in [0.29, 0.717) is 0 Å². The normalized spacial score (nSPS) is 20.9. The fraction of sp³-hybridized carbons (Fsp3) is 0.417. The van der Waals surface area contributed by atoms with E-state index in [-0.39, 0.29) is 5.41 Å². The van der Waals surface area contributed by atoms with Gasteiger partial charge in [-0.2, -0.15) is 0 Å². The van der Waals surface area contributed by atoms with Crippen LogP contribution in [0.4, 0.5) is 0 Å². The molecule has 0 bridgehead atoms. The summed E-state index contributed by atoms with van der Waals surface area (Å²) >= 11 is 0. The van der Waals surface area contributed by atoms with Crippen LogP contribution in [0, 0.1) is 5.41 Å². The average Bonchev–Trinajstić information content (AvgIpc) is 2.39. The van der Waals surface area contributed by atoms with Gasteiger partial charge in [0.1, 0.15) is 7.11 Å². The van der Waals surface area contributed by atoms with Gasteiger partial charge < -0.3 is 4.84 Å². The third kappa shape index (κ3) is 1.31. The van der Waals surface area contributed by atoms with Gasteiger partial charge in [-0.15, -0.1) is 0 Å². The van der Waals surface area contributed by atoms with E-state index in [9.17, 15) is 0 Å². The zero-order chi connectivity index (χ0) is 10.2. The highest BCUT2D eigenvalue weighted by Gasteiger charge is 2.35. The lowest BCUT2D eigenvalue weighted by atomic mass is 9.88. The second-order valence-electron chi connectivity index (χ2n) is 4.34. The molecule has 0 aliphatic heterocycles. The van der Waals surface area contributed by atoms with E-state index in [1.807, 2.05) is 6.07 Å². The van der Waals surface area contributed by atoms with Crippen molar-refractivity contribution in [2.24, 2.45) is 10.6 Å². The summed E-state index contributed by atoms with van der Waals surface area (Å²) in [7, 11) is 1.60. The van der Waals surface area contributed by atoms with Crippen LogP contribution in [-0.4, -0.2) is 12.8 Å². The van der Waals surface area contributed by atoms with Crippen LogP contribution in [-0.2, 0) is 11.3 Å². The van der Waals surface area contributed by atoms with Crippen LogP contribution >= 0.6 is 0 Å². The number of benzene rings is 1. The van der Waals surface area contributed by atoms with E-state index < -0.39 is 0 Å². The Bertz CT molecular complexity index is 380. The van der Waals surface area contributed by atoms with Gasteiger partial charge >= 0.3 is 0 Å². The fourth-order valence-corrected chi connectivity index (χ4v) is 2.09. The van der Waals surface area contributed by atoms with E-state index in [4.69, 9.17) is 4.84 Å². The first-order valence-electron chi connectivity index (χ1n) is 4.85. The number of oxime groups is 1. The van der Waals surface area contributed by atoms with Crippen LogP contribution in [0.5, 0.6) is 0 Å². The molecule has 1 aliphatic carbocycles. The molecule has 0 spiro atoms. The summed E-state index contributed by atoms with van der Waals surface area (Å²) in [5.41, 5.74) is 3.77. The molecule has 2 rings (SSSR count). The molecule has 1 aromatic carbocycles. The summed E-state index contributed by atoms with van der Waals surface area (Å²) < 4.78 is 0. The first kappa shape index (κ1) is 9.25. The molecule has 2 heteroatoms. The van der Waals surface area contributed by atoms with E-state index in [1.165, 1.54) is 11.1 Å². The predicted octanol–water partition coefficient (Wildman–Crippen LogP) is 2.62. The first-order chi connectivity index (χ1) is 6.65. The molecule has 0 aromatic heterocycles. The second kappa shape index (κ2) is 3.12. The zero-order valence-electron chi connectivity index (χ0n) is 8.87. The number of fused-ring (bicyclic) bond motifs is 1. The first-order valence-corrected chi connectivity index (χ1v) is 4.85. The van der Waals surface area contributed by atoms with Crippen molar-refractivity contribution in [1.82, 2.24) is 0 Å². The highest BCUT2D eigenvalue weighted by atomic mass is 16.6. The quantitative estimate of drug-likeness (QED) is 0.622. The number of rotatable bonds is 1. The third-order valence-electron chi connectivity index (χ3n) is 2.73. The molecule has 0 saturated carbocycles. The number of hydrogen-bond donors (Lipinski definition) is 0. The zero-order valence-corrected chi connectivity index (χ0v) is 8.87. The number of hydrogen-bond acceptors (Lipinski definition) is 2. The largest absolute Gasteiger partial charge is 0.399 e. The number of nitrogens with zero attached hydrogens (tertiary/aromatic N) is 1. The summed E-state index contributed by atoms with van der Waals surface area (Å²) in [5, 5.41) is 4.13.